The number of benzene rings is 2. The number of nitrogens with one attached hydrogen (secondary N) is 1. The Morgan fingerprint density at radius 2 is 1.80 bits per heavy atom. The van der Waals surface area contributed by atoms with Gasteiger partial charge in [0.25, 0.3) is 0 Å². The van der Waals surface area contributed by atoms with E-state index in [1.54, 1.807) is 0 Å². The monoisotopic (exact) mass is 424 g/mol. The molecular formula is C23H28N4O2S. The standard InChI is InChI=1S/C23H28N4O2S/c1-15(2)18-10-12-19(13-11-18)24-21(28)14-30-23-26-25-22(27(23)5)17(4)29-20-9-7-6-8-16(20)3/h6-13,15,17H,14H2,1-5H3,(H,24,28). The number of rotatable bonds is 8. The minimum absolute atomic E-state index is 0.0777. The zero-order valence-corrected chi connectivity index (χ0v) is 18.9. The van der Waals surface area contributed by atoms with Gasteiger partial charge in [-0.1, -0.05) is 55.9 Å². The lowest BCUT2D eigenvalue weighted by Crippen LogP contribution is -2.15. The maximum Gasteiger partial charge on any atom is 0.234 e. The fourth-order valence-corrected chi connectivity index (χ4v) is 3.73. The van der Waals surface area contributed by atoms with Gasteiger partial charge < -0.3 is 14.6 Å². The molecule has 1 N–H and O–H groups in total. The molecule has 6 nitrogen and oxygen atoms in total. The molecule has 1 amide bonds. The van der Waals surface area contributed by atoms with E-state index in [4.69, 9.17) is 4.74 Å². The third-order valence-corrected chi connectivity index (χ3v) is 5.84. The highest BCUT2D eigenvalue weighted by atomic mass is 32.2. The van der Waals surface area contributed by atoms with Crippen LogP contribution in [0.1, 0.15) is 49.7 Å². The van der Waals surface area contributed by atoms with Crippen molar-refractivity contribution >= 4 is 23.4 Å². The Morgan fingerprint density at radius 1 is 1.10 bits per heavy atom. The van der Waals surface area contributed by atoms with Crippen LogP contribution in [-0.4, -0.2) is 26.4 Å². The van der Waals surface area contributed by atoms with Gasteiger partial charge in [-0.15, -0.1) is 10.2 Å². The van der Waals surface area contributed by atoms with Crippen LogP contribution in [0, 0.1) is 6.92 Å². The van der Waals surface area contributed by atoms with Crippen LogP contribution >= 0.6 is 11.8 Å². The summed E-state index contributed by atoms with van der Waals surface area (Å²) in [5.74, 6) is 2.18. The number of carbonyl (C=O) groups excluding carboxylic acids is 1. The van der Waals surface area contributed by atoms with Gasteiger partial charge in [-0.3, -0.25) is 4.79 Å². The number of ether oxygens (including phenoxy) is 1. The van der Waals surface area contributed by atoms with Crippen molar-refractivity contribution in [3.63, 3.8) is 0 Å². The maximum absolute atomic E-state index is 12.3. The van der Waals surface area contributed by atoms with Crippen molar-refractivity contribution in [1.29, 1.82) is 0 Å². The first-order valence-electron chi connectivity index (χ1n) is 9.99. The molecule has 0 saturated heterocycles. The average Bonchev–Trinajstić information content (AvgIpc) is 3.09. The normalized spacial score (nSPS) is 12.1. The van der Waals surface area contributed by atoms with E-state index in [1.165, 1.54) is 17.3 Å². The molecule has 0 radical (unpaired) electrons. The number of carbonyl (C=O) groups is 1. The van der Waals surface area contributed by atoms with Gasteiger partial charge in [0.05, 0.1) is 5.75 Å². The van der Waals surface area contributed by atoms with E-state index in [2.05, 4.69) is 29.4 Å². The van der Waals surface area contributed by atoms with Gasteiger partial charge in [0.1, 0.15) is 5.75 Å². The van der Waals surface area contributed by atoms with Crippen LogP contribution in [0.3, 0.4) is 0 Å². The predicted octanol–water partition coefficient (Wildman–Crippen LogP) is 5.12. The van der Waals surface area contributed by atoms with Crippen LogP contribution in [0.25, 0.3) is 0 Å². The van der Waals surface area contributed by atoms with Crippen molar-refractivity contribution in [3.8, 4) is 5.75 Å². The quantitative estimate of drug-likeness (QED) is 0.509. The van der Waals surface area contributed by atoms with Crippen LogP contribution in [0.15, 0.2) is 53.7 Å². The molecule has 0 fully saturated rings. The summed E-state index contributed by atoms with van der Waals surface area (Å²) in [6.45, 7) is 8.24. The Hall–Kier alpha value is -2.80. The highest BCUT2D eigenvalue weighted by Gasteiger charge is 2.18. The van der Waals surface area contributed by atoms with Crippen LogP contribution in [0.4, 0.5) is 5.69 Å². The molecule has 0 aliphatic rings. The molecule has 0 aliphatic carbocycles. The van der Waals surface area contributed by atoms with Gasteiger partial charge in [-0.25, -0.2) is 0 Å². The van der Waals surface area contributed by atoms with Crippen molar-refractivity contribution in [3.05, 3.63) is 65.5 Å². The highest BCUT2D eigenvalue weighted by molar-refractivity contribution is 7.99. The fourth-order valence-electron chi connectivity index (χ4n) is 3.02. The van der Waals surface area contributed by atoms with E-state index < -0.39 is 0 Å². The summed E-state index contributed by atoms with van der Waals surface area (Å²) in [7, 11) is 1.89. The summed E-state index contributed by atoms with van der Waals surface area (Å²) in [6.07, 6.45) is -0.258. The van der Waals surface area contributed by atoms with Crippen LogP contribution in [0.5, 0.6) is 5.75 Å². The molecule has 3 aromatic rings. The third-order valence-electron chi connectivity index (χ3n) is 4.82. The molecule has 0 aliphatic heterocycles. The molecule has 1 atom stereocenters. The largest absolute Gasteiger partial charge is 0.482 e. The SMILES string of the molecule is Cc1ccccc1OC(C)c1nnc(SCC(=O)Nc2ccc(C(C)C)cc2)n1C. The van der Waals surface area contributed by atoms with E-state index in [1.807, 2.05) is 74.0 Å². The number of aromatic nitrogens is 3. The van der Waals surface area contributed by atoms with Crippen molar-refractivity contribution in [2.45, 2.75) is 44.9 Å². The number of hydrogen-bond donors (Lipinski definition) is 1. The molecule has 30 heavy (non-hydrogen) atoms. The predicted molar refractivity (Wildman–Crippen MR) is 121 cm³/mol. The molecular weight excluding hydrogens is 396 g/mol. The Kier molecular flexibility index (Phi) is 7.15. The summed E-state index contributed by atoms with van der Waals surface area (Å²) < 4.78 is 7.92. The Balaban J connectivity index is 1.56. The molecule has 3 rings (SSSR count). The number of anilines is 1. The maximum atomic E-state index is 12.3. The van der Waals surface area contributed by atoms with E-state index >= 15 is 0 Å². The Bertz CT molecular complexity index is 999. The number of thioether (sulfide) groups is 1. The fraction of sp³-hybridized carbons (Fsp3) is 0.348. The summed E-state index contributed by atoms with van der Waals surface area (Å²) in [4.78, 5) is 12.3. The summed E-state index contributed by atoms with van der Waals surface area (Å²) in [5.41, 5.74) is 3.11. The molecule has 7 heteroatoms. The first kappa shape index (κ1) is 21.9. The third kappa shape index (κ3) is 5.42. The minimum Gasteiger partial charge on any atom is -0.482 e. The van der Waals surface area contributed by atoms with E-state index in [-0.39, 0.29) is 17.8 Å². The van der Waals surface area contributed by atoms with Crippen molar-refractivity contribution in [1.82, 2.24) is 14.8 Å². The molecule has 1 heterocycles. The summed E-state index contributed by atoms with van der Waals surface area (Å²) in [6, 6.07) is 15.8. The summed E-state index contributed by atoms with van der Waals surface area (Å²) >= 11 is 1.35. The number of amides is 1. The first-order chi connectivity index (χ1) is 14.3. The molecule has 158 valence electrons. The second-order valence-corrected chi connectivity index (χ2v) is 8.48. The number of para-hydroxylation sites is 1. The van der Waals surface area contributed by atoms with E-state index in [0.717, 1.165) is 17.0 Å². The second-order valence-electron chi connectivity index (χ2n) is 7.54. The Labute approximate surface area is 182 Å². The zero-order chi connectivity index (χ0) is 21.7. The smallest absolute Gasteiger partial charge is 0.234 e. The van der Waals surface area contributed by atoms with Crippen LogP contribution in [0.2, 0.25) is 0 Å². The second kappa shape index (κ2) is 9.80. The Morgan fingerprint density at radius 3 is 2.47 bits per heavy atom. The van der Waals surface area contributed by atoms with Gasteiger partial charge in [0, 0.05) is 12.7 Å². The topological polar surface area (TPSA) is 69.0 Å². The summed E-state index contributed by atoms with van der Waals surface area (Å²) in [5, 5.41) is 12.1. The van der Waals surface area contributed by atoms with E-state index in [9.17, 15) is 4.79 Å². The van der Waals surface area contributed by atoms with Gasteiger partial charge in [0.15, 0.2) is 17.1 Å². The molecule has 0 saturated carbocycles. The highest BCUT2D eigenvalue weighted by Crippen LogP contribution is 2.26. The number of hydrogen-bond acceptors (Lipinski definition) is 5. The van der Waals surface area contributed by atoms with Crippen LogP contribution in [-0.2, 0) is 11.8 Å². The minimum atomic E-state index is -0.258. The average molecular weight is 425 g/mol. The van der Waals surface area contributed by atoms with Crippen molar-refractivity contribution < 1.29 is 9.53 Å². The van der Waals surface area contributed by atoms with Gasteiger partial charge in [0.2, 0.25) is 5.91 Å². The van der Waals surface area contributed by atoms with Crippen molar-refractivity contribution in [2.24, 2.45) is 7.05 Å². The molecule has 0 spiro atoms. The first-order valence-corrected chi connectivity index (χ1v) is 11.0. The molecule has 1 aromatic heterocycles. The lowest BCUT2D eigenvalue weighted by atomic mass is 10.0. The van der Waals surface area contributed by atoms with Gasteiger partial charge in [-0.05, 0) is 49.1 Å². The lowest BCUT2D eigenvalue weighted by Gasteiger charge is -2.15. The van der Waals surface area contributed by atoms with Crippen molar-refractivity contribution in [2.75, 3.05) is 11.1 Å². The number of aryl methyl sites for hydroxylation is 1. The van der Waals surface area contributed by atoms with Gasteiger partial charge in [-0.2, -0.15) is 0 Å². The molecule has 2 aromatic carbocycles. The van der Waals surface area contributed by atoms with E-state index in [0.29, 0.717) is 16.9 Å². The molecule has 0 bridgehead atoms. The lowest BCUT2D eigenvalue weighted by molar-refractivity contribution is -0.113. The number of nitrogens with zero attached hydrogens (tertiary/aromatic N) is 3. The van der Waals surface area contributed by atoms with Crippen LogP contribution < -0.4 is 10.1 Å². The van der Waals surface area contributed by atoms with Gasteiger partial charge >= 0.3 is 0 Å². The molecule has 1 unspecified atom stereocenters. The zero-order valence-electron chi connectivity index (χ0n) is 18.0.